The molecule has 0 amide bonds. The zero-order valence-electron chi connectivity index (χ0n) is 68.3. The van der Waals surface area contributed by atoms with Gasteiger partial charge in [0.05, 0.1) is 82.0 Å². The molecular weight excluding hydrogens is 1660 g/mol. The van der Waals surface area contributed by atoms with E-state index >= 15 is 0 Å². The van der Waals surface area contributed by atoms with Crippen molar-refractivity contribution in [3.05, 3.63) is 287 Å². The monoisotopic (exact) mass is 1740 g/mol. The number of methoxy groups -OCH3 is 2. The van der Waals surface area contributed by atoms with Crippen LogP contribution in [0.2, 0.25) is 0 Å². The molecule has 2 radical (unpaired) electrons. The Morgan fingerprint density at radius 2 is 0.632 bits per heavy atom. The number of phenolic OH excluding ortho intramolecular Hbond substituents is 4. The topological polar surface area (TPSA) is 317 Å². The number of rotatable bonds is 17. The Kier molecular flexibility index (Phi) is 26.0. The minimum absolute atomic E-state index is 0. The fourth-order valence-electron chi connectivity index (χ4n) is 15.9. The number of esters is 2. The Morgan fingerprint density at radius 3 is 0.896 bits per heavy atom. The van der Waals surface area contributed by atoms with Gasteiger partial charge in [-0.25, -0.2) is 29.5 Å². The van der Waals surface area contributed by atoms with Gasteiger partial charge in [-0.2, -0.15) is 27.9 Å². The number of fused-ring (bicyclic) bond motifs is 16. The van der Waals surface area contributed by atoms with Gasteiger partial charge in [-0.1, -0.05) is 84.9 Å². The van der Waals surface area contributed by atoms with E-state index in [1.807, 2.05) is 24.3 Å². The van der Waals surface area contributed by atoms with Crippen LogP contribution >= 0.6 is 0 Å². The van der Waals surface area contributed by atoms with E-state index in [2.05, 4.69) is 192 Å². The maximum atomic E-state index is 12.5. The molecule has 0 spiro atoms. The molecule has 14 aromatic rings. The molecule has 24 nitrogen and oxygen atoms in total. The number of pyridine rings is 4. The third-order valence-electron chi connectivity index (χ3n) is 21.6. The predicted octanol–water partition coefficient (Wildman–Crippen LogP) is 15.9. The molecule has 0 saturated heterocycles. The Bertz CT molecular complexity index is 6790. The summed E-state index contributed by atoms with van der Waals surface area (Å²) in [6.07, 6.45) is 24.5. The molecule has 26 heteroatoms. The van der Waals surface area contributed by atoms with Gasteiger partial charge in [-0.05, 0) is 188 Å². The molecule has 10 aromatic heterocycles. The fraction of sp³-hybridized carbons (Fsp3) is 0.111. The number of carbonyl (C=O) groups is 3. The first-order valence-electron chi connectivity index (χ1n) is 39.6. The number of hydrogen-bond acceptors (Lipinski definition) is 16. The molecule has 4 aromatic carbocycles. The molecule has 16 bridgehead atoms. The molecule has 125 heavy (non-hydrogen) atoms. The Hall–Kier alpha value is -15.3. The number of carbonyl (C=O) groups excluding carboxylic acids is 5. The maximum Gasteiger partial charge on any atom is 2.00 e. The standard InChI is InChI=1S/C50H36N4O10.C48H44N8.CO2.2Mn/c1-62-49(60)32-10-8-28(22-43(32)58)47-38-15-13-35(52-38)45(26-4-3-5-31(56)20-26)34-12-14-36(51-34)46(27-6-7-30(24-64-25-55)42(57)21-27)37-16-17-39(53-37)48(41-19-18-40(47)54-41)29-9-11-33(44(59)23-29)50(61)63-2;1-5-53-29-13-9-17-41(53)45-33-21-23-35(49-33)46(42-18-10-14-30-54(42)6-2)37-25-27-39(51-37)48(44-20-12-16-32-56(44)8-4)40-28-26-38(52-40)47(36-24-22-34(45)50-36)43-19-11-15-31-55(43)7-3;2-1-3;;/h3-23,25H,24H2,1-2H3,(H6,51,52,53,54,56,57,58,59,60,61);9-32H,5-8H2,1-4H3;;;/q;+2;;;+2/p-2. The number of aromatic hydroxyl groups is 4. The molecule has 14 heterocycles. The third kappa shape index (κ3) is 17.0. The van der Waals surface area contributed by atoms with Gasteiger partial charge in [0.1, 0.15) is 66.9 Å². The van der Waals surface area contributed by atoms with E-state index in [9.17, 15) is 34.8 Å². The molecule has 4 N–H and O–H groups in total. The van der Waals surface area contributed by atoms with E-state index in [0.717, 1.165) is 116 Å². The molecule has 4 aliphatic rings. The summed E-state index contributed by atoms with van der Waals surface area (Å²) in [6.45, 7) is 12.0. The fourth-order valence-corrected chi connectivity index (χ4v) is 15.9. The van der Waals surface area contributed by atoms with Gasteiger partial charge >= 0.3 is 35.2 Å². The van der Waals surface area contributed by atoms with Crippen LogP contribution in [0.3, 0.4) is 0 Å². The van der Waals surface area contributed by atoms with Crippen molar-refractivity contribution in [3.8, 4) is 113 Å². The largest absolute Gasteiger partial charge is 2.00 e. The second kappa shape index (κ2) is 37.8. The number of nitrogens with zero attached hydrogens (tertiary/aromatic N) is 12. The van der Waals surface area contributed by atoms with Gasteiger partial charge < -0.3 is 54.6 Å². The third-order valence-corrected chi connectivity index (χ3v) is 21.6. The van der Waals surface area contributed by atoms with Gasteiger partial charge in [0.25, 0.3) is 6.47 Å². The van der Waals surface area contributed by atoms with E-state index in [1.165, 1.54) is 44.6 Å². The summed E-state index contributed by atoms with van der Waals surface area (Å²) in [5.74, 6) is -2.21. The van der Waals surface area contributed by atoms with Gasteiger partial charge in [0, 0.05) is 71.2 Å². The molecule has 0 aliphatic carbocycles. The van der Waals surface area contributed by atoms with Crippen molar-refractivity contribution in [2.24, 2.45) is 0 Å². The predicted molar refractivity (Wildman–Crippen MR) is 466 cm³/mol. The molecule has 18 rings (SSSR count). The average molecular weight is 1740 g/mol. The van der Waals surface area contributed by atoms with Gasteiger partial charge in [0.2, 0.25) is 22.8 Å². The van der Waals surface area contributed by atoms with E-state index in [0.29, 0.717) is 101 Å². The van der Waals surface area contributed by atoms with E-state index < -0.39 is 11.9 Å². The second-order valence-electron chi connectivity index (χ2n) is 28.5. The van der Waals surface area contributed by atoms with E-state index in [-0.39, 0.29) is 81.0 Å². The Balaban J connectivity index is 0.000000195. The minimum Gasteiger partial charge on any atom is -0.657 e. The quantitative estimate of drug-likeness (QED) is 0.0216. The number of benzene rings is 4. The minimum atomic E-state index is -0.728. The first kappa shape index (κ1) is 86.1. The van der Waals surface area contributed by atoms with E-state index in [1.54, 1.807) is 72.8 Å². The normalized spacial score (nSPS) is 11.4. The van der Waals surface area contributed by atoms with Crippen LogP contribution < -0.4 is 38.2 Å². The summed E-state index contributed by atoms with van der Waals surface area (Å²) in [5.41, 5.74) is 22.9. The van der Waals surface area contributed by atoms with Crippen molar-refractivity contribution in [1.82, 2.24) is 39.9 Å². The summed E-state index contributed by atoms with van der Waals surface area (Å²) in [5, 5.41) is 44.0. The first-order chi connectivity index (χ1) is 60.0. The number of phenols is 4. The number of hydrogen-bond donors (Lipinski definition) is 4. The first-order valence-corrected chi connectivity index (χ1v) is 39.6. The molecular formula is C99H78Mn2N12O12+2. The summed E-state index contributed by atoms with van der Waals surface area (Å²) >= 11 is 0. The second-order valence-corrected chi connectivity index (χ2v) is 28.5. The van der Waals surface area contributed by atoms with Crippen LogP contribution in [0.25, 0.3) is 182 Å². The summed E-state index contributed by atoms with van der Waals surface area (Å²) in [6, 6.07) is 61.8. The molecule has 4 aliphatic heterocycles. The maximum absolute atomic E-state index is 12.5. The number of aromatic nitrogens is 12. The van der Waals surface area contributed by atoms with Crippen molar-refractivity contribution in [2.75, 3.05) is 14.2 Å². The van der Waals surface area contributed by atoms with Crippen LogP contribution in [0, 0.1) is 0 Å². The zero-order valence-corrected chi connectivity index (χ0v) is 70.6. The van der Waals surface area contributed by atoms with Crippen LogP contribution in [0.15, 0.2) is 225 Å². The number of aryl methyl sites for hydroxylation is 4. The summed E-state index contributed by atoms with van der Waals surface area (Å²) in [4.78, 5) is 94.7. The van der Waals surface area contributed by atoms with Crippen LogP contribution in [-0.4, -0.2) is 79.1 Å². The van der Waals surface area contributed by atoms with Crippen LogP contribution in [0.1, 0.15) is 99.5 Å². The Morgan fingerprint density at radius 1 is 0.360 bits per heavy atom. The van der Waals surface area contributed by atoms with Gasteiger partial charge in [-0.3, -0.25) is 4.79 Å². The molecule has 0 saturated carbocycles. The summed E-state index contributed by atoms with van der Waals surface area (Å²) in [7, 11) is 2.44. The van der Waals surface area contributed by atoms with Gasteiger partial charge in [0.15, 0.2) is 24.8 Å². The molecule has 618 valence electrons. The van der Waals surface area contributed by atoms with Crippen molar-refractivity contribution >= 4 is 117 Å². The average Bonchev–Trinajstić information content (AvgIpc) is 1.61. The Labute approximate surface area is 737 Å². The molecule has 0 atom stereocenters. The van der Waals surface area contributed by atoms with Crippen molar-refractivity contribution < 1.29 is 111 Å². The smallest absolute Gasteiger partial charge is 0.657 e. The van der Waals surface area contributed by atoms with E-state index in [4.69, 9.17) is 63.7 Å². The van der Waals surface area contributed by atoms with Crippen molar-refractivity contribution in [3.63, 3.8) is 0 Å². The molecule has 0 fully saturated rings. The SMILES string of the molecule is CC[n+]1ccccc1-c1c2nc(c(-c3cccc[n+]3CC)c3ccc([n-]3)c(-c3cccc[n+]3CC)c3nc(c(-c4cccc[n+]4CC)c4ccc1[n-]4)C=C3)C=C2.COC(=O)c1ccc(-c2c3nc(c(-c4ccc(C(=O)OC)c(O)c4)c4ccc([n-]4)c(-c4ccc(COC=O)c(O)c4)c4nc(c(-c5cccc(O)c5)c5ccc2[n-]5)C=C4)C=C3)cc1O.O=C=O.[Mn+2].[Mn]. The van der Waals surface area contributed by atoms with Crippen LogP contribution in [0.4, 0.5) is 0 Å². The van der Waals surface area contributed by atoms with Crippen LogP contribution in [0.5, 0.6) is 23.0 Å². The molecule has 0 unspecified atom stereocenters. The van der Waals surface area contributed by atoms with Crippen LogP contribution in [-0.2, 0) is 95.5 Å². The van der Waals surface area contributed by atoms with Crippen molar-refractivity contribution in [2.45, 2.75) is 60.5 Å². The summed E-state index contributed by atoms with van der Waals surface area (Å²) < 4.78 is 23.7. The zero-order chi connectivity index (χ0) is 85.5. The van der Waals surface area contributed by atoms with Gasteiger partial charge in [-0.15, -0.1) is 44.1 Å². The number of ether oxygens (including phenoxy) is 3. The van der Waals surface area contributed by atoms with Crippen molar-refractivity contribution in [1.29, 1.82) is 0 Å².